The number of amidine groups is 2. The van der Waals surface area contributed by atoms with E-state index in [4.69, 9.17) is 114 Å². The van der Waals surface area contributed by atoms with Crippen LogP contribution in [0.25, 0.3) is 43.8 Å². The average Bonchev–Trinajstić information content (AvgIpc) is 1.53. The Morgan fingerprint density at radius 2 is 0.790 bits per heavy atom. The van der Waals surface area contributed by atoms with E-state index in [0.717, 1.165) is 52.1 Å². The number of halogens is 4. The Morgan fingerprint density at radius 1 is 0.437 bits per heavy atom. The summed E-state index contributed by atoms with van der Waals surface area (Å²) in [5.41, 5.74) is 1.83. The molecule has 21 nitrogen and oxygen atoms in total. The minimum atomic E-state index is 0.184. The predicted octanol–water partition coefficient (Wildman–Crippen LogP) is 22.4. The third-order valence-corrected chi connectivity index (χ3v) is 27.3. The Bertz CT molecular complexity index is 4970. The minimum absolute atomic E-state index is 0.184. The van der Waals surface area contributed by atoms with Gasteiger partial charge in [-0.3, -0.25) is 0 Å². The molecule has 0 spiro atoms. The van der Waals surface area contributed by atoms with E-state index in [9.17, 15) is 0 Å². The molecular formula is C90H132Cl4N12O9S4+2. The van der Waals surface area contributed by atoms with Gasteiger partial charge in [0, 0.05) is 36.9 Å². The summed E-state index contributed by atoms with van der Waals surface area (Å²) in [6.45, 7) is 56.2. The summed E-state index contributed by atoms with van der Waals surface area (Å²) < 4.78 is 72.0. The lowest BCUT2D eigenvalue weighted by Crippen LogP contribution is -2.32. The second-order valence-electron chi connectivity index (χ2n) is 34.3. The van der Waals surface area contributed by atoms with Crippen molar-refractivity contribution >= 4 is 161 Å². The van der Waals surface area contributed by atoms with Crippen molar-refractivity contribution in [1.29, 1.82) is 0 Å². The molecule has 4 aliphatic heterocycles. The fraction of sp³-hybridized carbons (Fsp3) is 0.633. The van der Waals surface area contributed by atoms with Gasteiger partial charge in [0.2, 0.25) is 11.3 Å². The number of aromatic nitrogens is 4. The highest BCUT2D eigenvalue weighted by atomic mass is 35.5. The molecule has 0 unspecified atom stereocenters. The molecule has 4 aliphatic rings. The van der Waals surface area contributed by atoms with Crippen molar-refractivity contribution in [3.63, 3.8) is 0 Å². The number of ether oxygens (including phenoxy) is 8. The zero-order valence-electron chi connectivity index (χ0n) is 74.7. The van der Waals surface area contributed by atoms with E-state index >= 15 is 0 Å². The highest BCUT2D eigenvalue weighted by Gasteiger charge is 2.44. The number of benzene rings is 4. The molecule has 656 valence electrons. The summed E-state index contributed by atoms with van der Waals surface area (Å²) in [4.78, 5) is 41.3. The van der Waals surface area contributed by atoms with Crippen molar-refractivity contribution in [1.82, 2.24) is 29.7 Å². The molecule has 0 amide bonds. The standard InChI is InChI=1S/C90H131Cl4N12O9S4/c1-24-103(25-2)37-48-117-79-67(91)72(108-40-29-52(7)8)60-61(75(79)111-43-32-55(13)14)84-96-83-59-62(76(112-44-33-56(15)16)82(119-50-102(22)23)68(92)71(59)107-39-28-51(5)6)86(97-83)100-87-63-66(78(114-46-35-58(19)20)81(118-49-38-104(26-3)27-4)70(94)73(63)109-41-30-53(9)10)90-101-89-64-65(88(99-85(60)98-84)106(89)115-105(87)90)77(113-45-34-57(17)18)80(116-47-36-95-21)69(93)74(64)110-42-31-54(11)12/h51-58,95H,22,24-50H2,1-21,23H3/q+1/p+1. The molecule has 6 bridgehead atoms. The summed E-state index contributed by atoms with van der Waals surface area (Å²) >= 11 is 39.1. The second-order valence-corrected chi connectivity index (χ2v) is 40.1. The zero-order chi connectivity index (χ0) is 86.2. The predicted molar refractivity (Wildman–Crippen MR) is 500 cm³/mol. The second kappa shape index (κ2) is 44.9. The number of hydrogen-bond acceptors (Lipinski definition) is 21. The molecule has 2 aromatic heterocycles. The maximum absolute atomic E-state index is 8.27. The highest BCUT2D eigenvalue weighted by Crippen LogP contribution is 2.58. The van der Waals surface area contributed by atoms with E-state index in [0.29, 0.717) is 267 Å². The molecular weight excluding hydrogens is 1660 g/mol. The number of thioether (sulfide) groups is 4. The van der Waals surface area contributed by atoms with Gasteiger partial charge in [0.25, 0.3) is 17.3 Å². The van der Waals surface area contributed by atoms with Gasteiger partial charge in [-0.1, -0.05) is 202 Å². The van der Waals surface area contributed by atoms with Gasteiger partial charge >= 0.3 is 0 Å². The topological polar surface area (TPSA) is 195 Å². The van der Waals surface area contributed by atoms with E-state index in [2.05, 4.69) is 165 Å². The maximum atomic E-state index is 8.27. The SMILES string of the molecule is C=[N+](C)CSc1c(Cl)c(OCCC(C)C)c2c(c1OCCC(C)C)C1=Nc3c4c(OCCC(C)C)c(Cl)c(SCCN(CC)CC)c(OCCC(C)C)c4c4nc5c6c(OCCC(C)C)c(Cl)c(SCCNC)c(OCCC(C)C)c6c([n+]-5on34)N=c3[nH]c(c4c(OCCC(C)C)c(SCCN(CC)CC)c(Cl)c(OCCC(C)C)c34)=NC2=N1. The first-order valence-electron chi connectivity index (χ1n) is 43.3. The van der Waals surface area contributed by atoms with Gasteiger partial charge in [0.15, 0.2) is 40.5 Å². The van der Waals surface area contributed by atoms with E-state index in [1.807, 2.05) is 18.7 Å². The number of nitrogens with zero attached hydrogens (tertiary/aromatic N) is 10. The fourth-order valence-corrected chi connectivity index (χ4v) is 19.2. The number of rotatable bonds is 51. The molecule has 4 aromatic carbocycles. The van der Waals surface area contributed by atoms with Crippen LogP contribution in [0.5, 0.6) is 46.0 Å². The molecule has 29 heteroatoms. The molecule has 6 heterocycles. The van der Waals surface area contributed by atoms with Crippen LogP contribution in [-0.4, -0.2) is 183 Å². The van der Waals surface area contributed by atoms with Gasteiger partial charge < -0.3 is 58.0 Å². The lowest BCUT2D eigenvalue weighted by atomic mass is 10.0. The van der Waals surface area contributed by atoms with E-state index in [1.54, 1.807) is 44.6 Å². The van der Waals surface area contributed by atoms with Crippen molar-refractivity contribution in [2.75, 3.05) is 136 Å². The smallest absolute Gasteiger partial charge is 0.287 e. The maximum Gasteiger partial charge on any atom is 0.287 e. The van der Waals surface area contributed by atoms with Crippen LogP contribution in [0.3, 0.4) is 0 Å². The number of aliphatic imine (C=N–C) groups is 2. The Hall–Kier alpha value is -5.45. The van der Waals surface area contributed by atoms with Gasteiger partial charge in [-0.2, -0.15) is 9.62 Å². The fourth-order valence-electron chi connectivity index (χ4n) is 13.6. The average molecular weight is 1800 g/mol. The third kappa shape index (κ3) is 23.0. The van der Waals surface area contributed by atoms with Crippen LogP contribution in [0.4, 0.5) is 11.6 Å². The summed E-state index contributed by atoms with van der Waals surface area (Å²) in [5.74, 6) is 8.98. The highest BCUT2D eigenvalue weighted by molar-refractivity contribution is 8.00. The summed E-state index contributed by atoms with van der Waals surface area (Å²) in [6.07, 6.45) is 5.65. The lowest BCUT2D eigenvalue weighted by molar-refractivity contribution is -0.793. The molecule has 0 saturated carbocycles. The normalized spacial score (nSPS) is 13.0. The molecule has 2 N–H and O–H groups in total. The molecule has 119 heavy (non-hydrogen) atoms. The summed E-state index contributed by atoms with van der Waals surface area (Å²) in [5, 5.41) is 7.81. The summed E-state index contributed by atoms with van der Waals surface area (Å²) in [6, 6.07) is 0. The van der Waals surface area contributed by atoms with Crippen LogP contribution in [0.1, 0.15) is 201 Å². The third-order valence-electron chi connectivity index (χ3n) is 20.9. The molecule has 0 atom stereocenters. The first kappa shape index (κ1) is 95.8. The molecule has 0 aliphatic carbocycles. The van der Waals surface area contributed by atoms with Crippen molar-refractivity contribution in [2.45, 2.75) is 209 Å². The van der Waals surface area contributed by atoms with Crippen LogP contribution < -0.4 is 58.9 Å². The van der Waals surface area contributed by atoms with Gasteiger partial charge in [-0.15, -0.1) is 40.3 Å². The molecule has 10 rings (SSSR count). The van der Waals surface area contributed by atoms with E-state index in [1.165, 1.54) is 11.8 Å². The molecule has 0 radical (unpaired) electrons. The van der Waals surface area contributed by atoms with E-state index < -0.39 is 0 Å². The molecule has 6 aromatic rings. The van der Waals surface area contributed by atoms with Gasteiger partial charge in [-0.05, 0) is 141 Å². The number of nitrogens with one attached hydrogen (secondary N) is 2. The first-order valence-corrected chi connectivity index (χ1v) is 48.8. The van der Waals surface area contributed by atoms with Crippen LogP contribution in [0.15, 0.2) is 44.2 Å². The number of fused-ring (bicyclic) bond motifs is 15. The van der Waals surface area contributed by atoms with Crippen molar-refractivity contribution in [2.24, 2.45) is 67.3 Å². The van der Waals surface area contributed by atoms with Gasteiger partial charge in [0.1, 0.15) is 78.5 Å². The number of hydrogen-bond donors (Lipinski definition) is 2. The Morgan fingerprint density at radius 3 is 1.23 bits per heavy atom. The van der Waals surface area contributed by atoms with Crippen LogP contribution >= 0.6 is 93.5 Å². The summed E-state index contributed by atoms with van der Waals surface area (Å²) in [7, 11) is 3.87. The van der Waals surface area contributed by atoms with Gasteiger partial charge in [-0.25, -0.2) is 14.6 Å². The zero-order valence-corrected chi connectivity index (χ0v) is 81.0. The molecule has 0 saturated heterocycles. The Kier molecular flexibility index (Phi) is 36.2. The lowest BCUT2D eigenvalue weighted by Gasteiger charge is -2.21. The van der Waals surface area contributed by atoms with Gasteiger partial charge in [0.05, 0.1) is 99.7 Å². The van der Waals surface area contributed by atoms with Crippen LogP contribution in [0, 0.1) is 47.3 Å². The van der Waals surface area contributed by atoms with Crippen molar-refractivity contribution in [3.8, 4) is 51.8 Å². The van der Waals surface area contributed by atoms with Crippen molar-refractivity contribution in [3.05, 3.63) is 42.2 Å². The largest absolute Gasteiger partial charge is 0.492 e. The Labute approximate surface area is 744 Å². The minimum Gasteiger partial charge on any atom is -0.492 e. The quantitative estimate of drug-likeness (QED) is 0.0120. The first-order chi connectivity index (χ1) is 57.0. The van der Waals surface area contributed by atoms with Crippen molar-refractivity contribution < 1.29 is 51.8 Å². The van der Waals surface area contributed by atoms with Crippen LogP contribution in [-0.2, 0) is 0 Å². The number of aromatic amines is 1. The van der Waals surface area contributed by atoms with Crippen LogP contribution in [0.2, 0.25) is 20.1 Å². The molecule has 0 fully saturated rings. The number of H-pyrrole nitrogens is 1. The monoisotopic (exact) mass is 1790 g/mol. The Balaban J connectivity index is 1.60. The van der Waals surface area contributed by atoms with E-state index in [-0.39, 0.29) is 76.1 Å².